The minimum atomic E-state index is -4.30. The summed E-state index contributed by atoms with van der Waals surface area (Å²) in [5, 5.41) is 0. The van der Waals surface area contributed by atoms with Crippen molar-refractivity contribution in [1.29, 1.82) is 0 Å². The number of phosphoric ester groups is 1. The highest BCUT2D eigenvalue weighted by Crippen LogP contribution is 2.43. The molecule has 53 heavy (non-hydrogen) atoms. The van der Waals surface area contributed by atoms with Crippen molar-refractivity contribution < 1.29 is 32.8 Å². The fourth-order valence-electron chi connectivity index (χ4n) is 5.05. The lowest BCUT2D eigenvalue weighted by Gasteiger charge is -2.20. The molecule has 3 N–H and O–H groups in total. The fourth-order valence-corrected chi connectivity index (χ4v) is 5.82. The third kappa shape index (κ3) is 40.7. The molecule has 0 saturated heterocycles. The van der Waals surface area contributed by atoms with Gasteiger partial charge in [-0.25, -0.2) is 4.57 Å². The van der Waals surface area contributed by atoms with Crippen LogP contribution in [0.25, 0.3) is 0 Å². The number of carbonyl (C=O) groups is 1. The highest BCUT2D eigenvalue weighted by Gasteiger charge is 2.25. The zero-order valence-corrected chi connectivity index (χ0v) is 34.4. The van der Waals surface area contributed by atoms with Gasteiger partial charge in [0.25, 0.3) is 0 Å². The molecule has 0 aliphatic rings. The molecule has 0 aliphatic carbocycles. The summed E-state index contributed by atoms with van der Waals surface area (Å²) in [7, 11) is -4.30. The lowest BCUT2D eigenvalue weighted by Crippen LogP contribution is -2.28. The molecule has 0 aliphatic heterocycles. The highest BCUT2D eigenvalue weighted by molar-refractivity contribution is 7.47. The van der Waals surface area contributed by atoms with Gasteiger partial charge in [-0.1, -0.05) is 137 Å². The molecule has 0 aromatic heterocycles. The van der Waals surface area contributed by atoms with Crippen LogP contribution in [0.5, 0.6) is 0 Å². The summed E-state index contributed by atoms with van der Waals surface area (Å²) >= 11 is 0. The molecule has 8 nitrogen and oxygen atoms in total. The van der Waals surface area contributed by atoms with Crippen molar-refractivity contribution in [2.24, 2.45) is 5.73 Å². The molecule has 304 valence electrons. The van der Waals surface area contributed by atoms with Crippen molar-refractivity contribution in [3.05, 3.63) is 85.1 Å². The van der Waals surface area contributed by atoms with Crippen LogP contribution in [0, 0.1) is 0 Å². The van der Waals surface area contributed by atoms with Gasteiger partial charge in [0.1, 0.15) is 6.10 Å². The number of esters is 1. The molecular weight excluding hydrogens is 685 g/mol. The van der Waals surface area contributed by atoms with E-state index in [1.807, 2.05) is 0 Å². The van der Waals surface area contributed by atoms with Crippen molar-refractivity contribution in [3.8, 4) is 0 Å². The lowest BCUT2D eigenvalue weighted by molar-refractivity contribution is -0.154. The first-order valence-corrected chi connectivity index (χ1v) is 22.1. The predicted molar refractivity (Wildman–Crippen MR) is 224 cm³/mol. The number of rotatable bonds is 38. The van der Waals surface area contributed by atoms with Gasteiger partial charge >= 0.3 is 13.8 Å². The number of hydrogen-bond acceptors (Lipinski definition) is 7. The van der Waals surface area contributed by atoms with Gasteiger partial charge in [0.15, 0.2) is 0 Å². The maximum Gasteiger partial charge on any atom is 0.472 e. The molecule has 2 atom stereocenters. The van der Waals surface area contributed by atoms with Crippen molar-refractivity contribution >= 4 is 13.8 Å². The Morgan fingerprint density at radius 2 is 1.06 bits per heavy atom. The van der Waals surface area contributed by atoms with Crippen molar-refractivity contribution in [3.63, 3.8) is 0 Å². The largest absolute Gasteiger partial charge is 0.472 e. The zero-order chi connectivity index (χ0) is 38.8. The Morgan fingerprint density at radius 1 is 0.585 bits per heavy atom. The second kappa shape index (κ2) is 40.9. The number of ether oxygens (including phenoxy) is 2. The first kappa shape index (κ1) is 50.7. The van der Waals surface area contributed by atoms with Crippen LogP contribution in [0.15, 0.2) is 85.1 Å². The summed E-state index contributed by atoms with van der Waals surface area (Å²) in [5.41, 5.74) is 5.36. The SMILES string of the molecule is CC/C=C\C/C=C\C/C=C\C/C=C\C/C=C\CCCCOCC(COP(=O)(O)OCCN)OC(=O)CCCCCCC/C=C\C/C=C\CCCCCC. The van der Waals surface area contributed by atoms with Crippen LogP contribution in [-0.4, -0.2) is 49.9 Å². The Bertz CT molecular complexity index is 1080. The molecule has 2 unspecified atom stereocenters. The van der Waals surface area contributed by atoms with E-state index in [2.05, 4.69) is 98.9 Å². The van der Waals surface area contributed by atoms with Gasteiger partial charge < -0.3 is 20.1 Å². The van der Waals surface area contributed by atoms with Gasteiger partial charge in [-0.3, -0.25) is 13.8 Å². The van der Waals surface area contributed by atoms with Crippen molar-refractivity contribution in [1.82, 2.24) is 0 Å². The van der Waals surface area contributed by atoms with Crippen molar-refractivity contribution in [2.45, 2.75) is 155 Å². The van der Waals surface area contributed by atoms with E-state index in [9.17, 15) is 14.3 Å². The average Bonchev–Trinajstić information content (AvgIpc) is 3.15. The van der Waals surface area contributed by atoms with Crippen LogP contribution in [0.2, 0.25) is 0 Å². The third-order valence-corrected chi connectivity index (χ3v) is 9.03. The smallest absolute Gasteiger partial charge is 0.457 e. The molecule has 9 heteroatoms. The molecule has 0 rings (SSSR count). The topological polar surface area (TPSA) is 117 Å². The summed E-state index contributed by atoms with van der Waals surface area (Å²) in [6.45, 7) is 4.63. The Morgan fingerprint density at radius 3 is 1.58 bits per heavy atom. The average molecular weight is 762 g/mol. The van der Waals surface area contributed by atoms with Gasteiger partial charge in [0.2, 0.25) is 0 Å². The summed E-state index contributed by atoms with van der Waals surface area (Å²) in [5.74, 6) is -0.363. The van der Waals surface area contributed by atoms with Gasteiger partial charge in [0, 0.05) is 19.6 Å². The molecule has 0 bridgehead atoms. The van der Waals surface area contributed by atoms with Crippen LogP contribution < -0.4 is 5.73 Å². The van der Waals surface area contributed by atoms with Crippen LogP contribution >= 0.6 is 7.82 Å². The normalized spacial score (nSPS) is 14.4. The molecule has 0 saturated carbocycles. The molecule has 0 radical (unpaired) electrons. The molecule has 0 heterocycles. The summed E-state index contributed by atoms with van der Waals surface area (Å²) in [4.78, 5) is 22.4. The van der Waals surface area contributed by atoms with Crippen LogP contribution in [0.4, 0.5) is 0 Å². The Kier molecular flexibility index (Phi) is 39.1. The Balaban J connectivity index is 4.20. The zero-order valence-electron chi connectivity index (χ0n) is 33.5. The second-order valence-electron chi connectivity index (χ2n) is 13.1. The highest BCUT2D eigenvalue weighted by atomic mass is 31.2. The van der Waals surface area contributed by atoms with E-state index in [0.29, 0.717) is 6.61 Å². The second-order valence-corrected chi connectivity index (χ2v) is 14.6. The number of carbonyl (C=O) groups excluding carboxylic acids is 1. The van der Waals surface area contributed by atoms with E-state index in [0.717, 1.165) is 96.3 Å². The van der Waals surface area contributed by atoms with E-state index in [-0.39, 0.29) is 38.8 Å². The van der Waals surface area contributed by atoms with E-state index < -0.39 is 13.9 Å². The quantitative estimate of drug-likeness (QED) is 0.0276. The van der Waals surface area contributed by atoms with Gasteiger partial charge in [-0.2, -0.15) is 0 Å². The summed E-state index contributed by atoms with van der Waals surface area (Å²) in [6, 6.07) is 0. The number of allylic oxidation sites excluding steroid dienone is 14. The van der Waals surface area contributed by atoms with Gasteiger partial charge in [-0.05, 0) is 89.9 Å². The van der Waals surface area contributed by atoms with Gasteiger partial charge in [0.05, 0.1) is 19.8 Å². The van der Waals surface area contributed by atoms with Crippen LogP contribution in [0.1, 0.15) is 149 Å². The lowest BCUT2D eigenvalue weighted by atomic mass is 10.1. The number of nitrogens with two attached hydrogens (primary N) is 1. The van der Waals surface area contributed by atoms with E-state index in [4.69, 9.17) is 24.3 Å². The number of hydrogen-bond donors (Lipinski definition) is 2. The molecule has 0 spiro atoms. The fraction of sp³-hybridized carbons (Fsp3) is 0.659. The standard InChI is InChI=1S/C44H76NO7P/c1-3-5-7-9-11-13-15-17-19-21-22-24-26-28-30-32-34-36-39-49-41-43(42-51-53(47,48)50-40-38-45)52-44(46)37-35-33-31-29-27-25-23-20-18-16-14-12-10-8-6-4-2/h5,7,11,13-14,16-17,19-20,22-24,28,30,43H,3-4,6,8-10,12,15,18,21,25-27,29,31-42,45H2,1-2H3,(H,47,48)/b7-5-,13-11-,16-14-,19-17-,23-20-,24-22-,30-28-. The monoisotopic (exact) mass is 762 g/mol. The Hall–Kier alpha value is -2.32. The minimum Gasteiger partial charge on any atom is -0.457 e. The maximum absolute atomic E-state index is 12.6. The Labute approximate surface area is 324 Å². The molecule has 0 fully saturated rings. The van der Waals surface area contributed by atoms with Crippen LogP contribution in [-0.2, 0) is 27.9 Å². The predicted octanol–water partition coefficient (Wildman–Crippen LogP) is 12.1. The first-order valence-electron chi connectivity index (χ1n) is 20.6. The molecule has 0 aromatic rings. The molecule has 0 aromatic carbocycles. The van der Waals surface area contributed by atoms with Gasteiger partial charge in [-0.15, -0.1) is 0 Å². The van der Waals surface area contributed by atoms with E-state index in [1.54, 1.807) is 0 Å². The third-order valence-electron chi connectivity index (χ3n) is 8.05. The first-order chi connectivity index (χ1) is 25.9. The summed E-state index contributed by atoms with van der Waals surface area (Å²) < 4.78 is 33.3. The minimum absolute atomic E-state index is 0.0760. The van der Waals surface area contributed by atoms with E-state index >= 15 is 0 Å². The van der Waals surface area contributed by atoms with Crippen molar-refractivity contribution in [2.75, 3.05) is 33.0 Å². The van der Waals surface area contributed by atoms with E-state index in [1.165, 1.54) is 32.1 Å². The molecular formula is C44H76NO7P. The number of unbranched alkanes of at least 4 members (excludes halogenated alkanes) is 11. The molecule has 0 amide bonds. The summed E-state index contributed by atoms with van der Waals surface area (Å²) in [6.07, 6.45) is 51.7. The van der Waals surface area contributed by atoms with Crippen LogP contribution in [0.3, 0.4) is 0 Å². The number of phosphoric acid groups is 1. The maximum atomic E-state index is 12.6.